The van der Waals surface area contributed by atoms with Gasteiger partial charge in [0.05, 0.1) is 17.7 Å². The zero-order chi connectivity index (χ0) is 17.9. The van der Waals surface area contributed by atoms with Gasteiger partial charge in [0.25, 0.3) is 10.0 Å². The van der Waals surface area contributed by atoms with Crippen LogP contribution in [0.5, 0.6) is 11.5 Å². The summed E-state index contributed by atoms with van der Waals surface area (Å²) in [7, 11) is -3.12. The molecule has 0 fully saturated rings. The molecule has 2 aromatic rings. The lowest BCUT2D eigenvalue weighted by Gasteiger charge is -2.13. The second-order valence-electron chi connectivity index (χ2n) is 4.45. The molecule has 0 spiro atoms. The van der Waals surface area contributed by atoms with Gasteiger partial charge in [0.15, 0.2) is 11.5 Å². The van der Waals surface area contributed by atoms with E-state index in [-0.39, 0.29) is 11.4 Å². The fraction of sp³-hybridized carbons (Fsp3) is 0.143. The number of anilines is 1. The van der Waals surface area contributed by atoms with Crippen molar-refractivity contribution in [3.8, 4) is 11.5 Å². The highest BCUT2D eigenvalue weighted by molar-refractivity contribution is 7.92. The van der Waals surface area contributed by atoms with E-state index in [0.29, 0.717) is 18.2 Å². The summed E-state index contributed by atoms with van der Waals surface area (Å²) in [6.45, 7) is -3.15. The highest BCUT2D eigenvalue weighted by Gasteiger charge is 2.18. The minimum atomic E-state index is -4.34. The third kappa shape index (κ3) is 4.28. The normalized spacial score (nSPS) is 11.4. The van der Waals surface area contributed by atoms with Crippen LogP contribution in [0.4, 0.5) is 23.2 Å². The van der Waals surface area contributed by atoms with Crippen molar-refractivity contribution in [2.45, 2.75) is 11.5 Å². The van der Waals surface area contributed by atoms with E-state index in [2.05, 4.69) is 4.74 Å². The highest BCUT2D eigenvalue weighted by atomic mass is 32.2. The second kappa shape index (κ2) is 6.95. The SMILES string of the molecule is COc1ccc(NS(=O)(=O)c2cc(F)cc(F)c2)cc1OC(F)F. The number of nitrogens with one attached hydrogen (secondary N) is 1. The topological polar surface area (TPSA) is 64.6 Å². The molecule has 0 atom stereocenters. The van der Waals surface area contributed by atoms with Crippen LogP contribution in [0.3, 0.4) is 0 Å². The first-order valence-electron chi connectivity index (χ1n) is 6.33. The van der Waals surface area contributed by atoms with Crippen LogP contribution in [0.1, 0.15) is 0 Å². The Labute approximate surface area is 134 Å². The average Bonchev–Trinajstić information content (AvgIpc) is 2.45. The minimum Gasteiger partial charge on any atom is -0.493 e. The lowest BCUT2D eigenvalue weighted by atomic mass is 10.3. The first-order valence-corrected chi connectivity index (χ1v) is 7.81. The molecule has 1 N–H and O–H groups in total. The Morgan fingerprint density at radius 3 is 2.17 bits per heavy atom. The Balaban J connectivity index is 2.35. The van der Waals surface area contributed by atoms with Crippen molar-refractivity contribution in [1.82, 2.24) is 0 Å². The summed E-state index contributed by atoms with van der Waals surface area (Å²) < 4.78 is 86.3. The van der Waals surface area contributed by atoms with Gasteiger partial charge >= 0.3 is 6.61 Å². The molecule has 0 aliphatic carbocycles. The van der Waals surface area contributed by atoms with E-state index in [0.717, 1.165) is 6.07 Å². The number of hydrogen-bond acceptors (Lipinski definition) is 4. The Bertz CT molecular complexity index is 822. The first kappa shape index (κ1) is 17.9. The molecule has 24 heavy (non-hydrogen) atoms. The molecule has 2 aromatic carbocycles. The van der Waals surface area contributed by atoms with Crippen molar-refractivity contribution in [2.24, 2.45) is 0 Å². The van der Waals surface area contributed by atoms with Crippen molar-refractivity contribution in [2.75, 3.05) is 11.8 Å². The van der Waals surface area contributed by atoms with Gasteiger partial charge in [-0.15, -0.1) is 0 Å². The summed E-state index contributed by atoms with van der Waals surface area (Å²) in [6, 6.07) is 5.11. The van der Waals surface area contributed by atoms with E-state index in [1.54, 1.807) is 0 Å². The summed E-state index contributed by atoms with van der Waals surface area (Å²) >= 11 is 0. The molecule has 0 heterocycles. The number of sulfonamides is 1. The van der Waals surface area contributed by atoms with E-state index < -0.39 is 38.9 Å². The van der Waals surface area contributed by atoms with Gasteiger partial charge in [-0.1, -0.05) is 0 Å². The molecule has 0 aliphatic heterocycles. The number of alkyl halides is 2. The molecule has 0 unspecified atom stereocenters. The predicted octanol–water partition coefficient (Wildman–Crippen LogP) is 3.38. The van der Waals surface area contributed by atoms with Crippen molar-refractivity contribution in [1.29, 1.82) is 0 Å². The molecule has 0 radical (unpaired) electrons. The van der Waals surface area contributed by atoms with Crippen LogP contribution < -0.4 is 14.2 Å². The van der Waals surface area contributed by atoms with Crippen LogP contribution in [-0.2, 0) is 10.0 Å². The maximum absolute atomic E-state index is 13.2. The minimum absolute atomic E-state index is 0.0463. The molecule has 0 aliphatic rings. The molecule has 0 amide bonds. The Hall–Kier alpha value is -2.49. The van der Waals surface area contributed by atoms with E-state index in [1.165, 1.54) is 19.2 Å². The number of benzene rings is 2. The number of methoxy groups -OCH3 is 1. The fourth-order valence-corrected chi connectivity index (χ4v) is 2.92. The van der Waals surface area contributed by atoms with Crippen LogP contribution in [-0.4, -0.2) is 22.1 Å². The van der Waals surface area contributed by atoms with E-state index in [1.807, 2.05) is 4.72 Å². The molecule has 130 valence electrons. The van der Waals surface area contributed by atoms with Crippen LogP contribution in [0, 0.1) is 11.6 Å². The summed E-state index contributed by atoms with van der Waals surface area (Å²) in [5, 5.41) is 0. The Morgan fingerprint density at radius 1 is 1.00 bits per heavy atom. The standard InChI is InChI=1S/C14H11F4NO4S/c1-22-12-3-2-10(7-13(12)23-14(17)18)19-24(20,21)11-5-8(15)4-9(16)6-11/h2-7,14,19H,1H3. The van der Waals surface area contributed by atoms with Crippen LogP contribution in [0.25, 0.3) is 0 Å². The number of rotatable bonds is 6. The highest BCUT2D eigenvalue weighted by Crippen LogP contribution is 2.32. The van der Waals surface area contributed by atoms with Crippen molar-refractivity contribution in [3.05, 3.63) is 48.0 Å². The molecule has 0 saturated carbocycles. The summed E-state index contributed by atoms with van der Waals surface area (Å²) in [5.41, 5.74) is -0.156. The van der Waals surface area contributed by atoms with Crippen LogP contribution in [0.15, 0.2) is 41.3 Å². The van der Waals surface area contributed by atoms with Crippen molar-refractivity contribution in [3.63, 3.8) is 0 Å². The summed E-state index contributed by atoms with van der Waals surface area (Å²) in [6.07, 6.45) is 0. The Kier molecular flexibility index (Phi) is 5.17. The zero-order valence-corrected chi connectivity index (χ0v) is 12.9. The molecule has 2 rings (SSSR count). The quantitative estimate of drug-likeness (QED) is 0.797. The summed E-state index contributed by atoms with van der Waals surface area (Å²) in [5.74, 6) is -2.60. The number of hydrogen-bond donors (Lipinski definition) is 1. The maximum atomic E-state index is 13.2. The lowest BCUT2D eigenvalue weighted by Crippen LogP contribution is -2.14. The molecule has 0 aromatic heterocycles. The largest absolute Gasteiger partial charge is 0.493 e. The molecule has 10 heteroatoms. The van der Waals surface area contributed by atoms with E-state index >= 15 is 0 Å². The third-order valence-electron chi connectivity index (χ3n) is 2.78. The second-order valence-corrected chi connectivity index (χ2v) is 6.14. The third-order valence-corrected chi connectivity index (χ3v) is 4.14. The molecular weight excluding hydrogens is 354 g/mol. The van der Waals surface area contributed by atoms with Gasteiger partial charge in [-0.3, -0.25) is 4.72 Å². The van der Waals surface area contributed by atoms with Gasteiger partial charge in [0, 0.05) is 12.1 Å². The first-order chi connectivity index (χ1) is 11.2. The van der Waals surface area contributed by atoms with Crippen molar-refractivity contribution >= 4 is 15.7 Å². The molecule has 0 bridgehead atoms. The monoisotopic (exact) mass is 365 g/mol. The Morgan fingerprint density at radius 2 is 1.62 bits per heavy atom. The molecular formula is C14H11F4NO4S. The number of ether oxygens (including phenoxy) is 2. The molecule has 5 nitrogen and oxygen atoms in total. The van der Waals surface area contributed by atoms with Gasteiger partial charge in [-0.05, 0) is 24.3 Å². The van der Waals surface area contributed by atoms with Crippen molar-refractivity contribution < 1.29 is 35.5 Å². The molecule has 0 saturated heterocycles. The van der Waals surface area contributed by atoms with Gasteiger partial charge in [-0.2, -0.15) is 8.78 Å². The predicted molar refractivity (Wildman–Crippen MR) is 76.8 cm³/mol. The van der Waals surface area contributed by atoms with Gasteiger partial charge < -0.3 is 9.47 Å². The van der Waals surface area contributed by atoms with Gasteiger partial charge in [0.2, 0.25) is 0 Å². The van der Waals surface area contributed by atoms with Gasteiger partial charge in [0.1, 0.15) is 11.6 Å². The van der Waals surface area contributed by atoms with E-state index in [9.17, 15) is 26.0 Å². The lowest BCUT2D eigenvalue weighted by molar-refractivity contribution is -0.0511. The maximum Gasteiger partial charge on any atom is 0.387 e. The smallest absolute Gasteiger partial charge is 0.387 e. The fourth-order valence-electron chi connectivity index (χ4n) is 1.83. The van der Waals surface area contributed by atoms with Crippen LogP contribution in [0.2, 0.25) is 0 Å². The zero-order valence-electron chi connectivity index (χ0n) is 12.1. The van der Waals surface area contributed by atoms with E-state index in [4.69, 9.17) is 4.74 Å². The number of halogens is 4. The average molecular weight is 365 g/mol. The van der Waals surface area contributed by atoms with Crippen LogP contribution >= 0.6 is 0 Å². The summed E-state index contributed by atoms with van der Waals surface area (Å²) in [4.78, 5) is -0.660. The van der Waals surface area contributed by atoms with Gasteiger partial charge in [-0.25, -0.2) is 17.2 Å².